The third kappa shape index (κ3) is 3.95. The summed E-state index contributed by atoms with van der Waals surface area (Å²) in [5, 5.41) is 7.72. The monoisotopic (exact) mass is 276 g/mol. The fourth-order valence-corrected chi connectivity index (χ4v) is 2.32. The Morgan fingerprint density at radius 1 is 1.40 bits per heavy atom. The molecule has 0 spiro atoms. The van der Waals surface area contributed by atoms with E-state index in [2.05, 4.69) is 17.3 Å². The molecule has 0 saturated heterocycles. The number of nitrogens with zero attached hydrogens (tertiary/aromatic N) is 2. The molecular weight excluding hydrogens is 252 g/mol. The topological polar surface area (TPSA) is 69.0 Å². The van der Waals surface area contributed by atoms with E-state index in [0.717, 1.165) is 31.4 Å². The van der Waals surface area contributed by atoms with Crippen LogP contribution >= 0.6 is 0 Å². The SMILES string of the molecule is CCCNC(CCC(N)c1cnn(C)c1)c1ccoc1. The number of rotatable bonds is 8. The van der Waals surface area contributed by atoms with Crippen LogP contribution in [-0.4, -0.2) is 16.3 Å². The van der Waals surface area contributed by atoms with Crippen molar-refractivity contribution in [3.8, 4) is 0 Å². The summed E-state index contributed by atoms with van der Waals surface area (Å²) in [6, 6.07) is 2.35. The molecule has 2 aromatic heterocycles. The van der Waals surface area contributed by atoms with E-state index in [1.54, 1.807) is 10.9 Å². The zero-order chi connectivity index (χ0) is 14.4. The molecule has 5 heteroatoms. The van der Waals surface area contributed by atoms with Gasteiger partial charge >= 0.3 is 0 Å². The number of hydrogen-bond acceptors (Lipinski definition) is 4. The Hall–Kier alpha value is -1.59. The molecule has 0 amide bonds. The Balaban J connectivity index is 1.91. The van der Waals surface area contributed by atoms with E-state index in [-0.39, 0.29) is 6.04 Å². The summed E-state index contributed by atoms with van der Waals surface area (Å²) in [6.45, 7) is 3.17. The molecule has 110 valence electrons. The van der Waals surface area contributed by atoms with Crippen molar-refractivity contribution in [3.63, 3.8) is 0 Å². The average molecular weight is 276 g/mol. The van der Waals surface area contributed by atoms with Crippen LogP contribution in [0.5, 0.6) is 0 Å². The Labute approximate surface area is 120 Å². The molecule has 0 bridgehead atoms. The predicted molar refractivity (Wildman–Crippen MR) is 79.1 cm³/mol. The van der Waals surface area contributed by atoms with Crippen LogP contribution in [0.25, 0.3) is 0 Å². The molecule has 0 saturated carbocycles. The molecule has 0 fully saturated rings. The van der Waals surface area contributed by atoms with Gasteiger partial charge in [-0.15, -0.1) is 0 Å². The zero-order valence-corrected chi connectivity index (χ0v) is 12.2. The zero-order valence-electron chi connectivity index (χ0n) is 12.2. The van der Waals surface area contributed by atoms with E-state index in [9.17, 15) is 0 Å². The van der Waals surface area contributed by atoms with Gasteiger partial charge in [-0.25, -0.2) is 0 Å². The van der Waals surface area contributed by atoms with Crippen molar-refractivity contribution in [2.45, 2.75) is 38.3 Å². The quantitative estimate of drug-likeness (QED) is 0.777. The molecule has 2 atom stereocenters. The third-order valence-corrected chi connectivity index (χ3v) is 3.51. The first-order valence-electron chi connectivity index (χ1n) is 7.20. The summed E-state index contributed by atoms with van der Waals surface area (Å²) >= 11 is 0. The number of nitrogens with two attached hydrogens (primary N) is 1. The van der Waals surface area contributed by atoms with Crippen molar-refractivity contribution >= 4 is 0 Å². The predicted octanol–water partition coefficient (Wildman–Crippen LogP) is 2.53. The van der Waals surface area contributed by atoms with Gasteiger partial charge in [0.1, 0.15) is 0 Å². The molecule has 2 rings (SSSR count). The summed E-state index contributed by atoms with van der Waals surface area (Å²) in [4.78, 5) is 0. The molecule has 0 aliphatic heterocycles. The van der Waals surface area contributed by atoms with E-state index in [1.807, 2.05) is 31.8 Å². The van der Waals surface area contributed by atoms with Gasteiger partial charge in [0.25, 0.3) is 0 Å². The molecule has 2 heterocycles. The lowest BCUT2D eigenvalue weighted by Crippen LogP contribution is -2.23. The fraction of sp³-hybridized carbons (Fsp3) is 0.533. The molecule has 0 aromatic carbocycles. The molecular formula is C15H24N4O. The lowest BCUT2D eigenvalue weighted by atomic mass is 9.99. The maximum absolute atomic E-state index is 6.23. The van der Waals surface area contributed by atoms with Gasteiger partial charge in [0, 0.05) is 36.5 Å². The average Bonchev–Trinajstić information content (AvgIpc) is 3.10. The molecule has 3 N–H and O–H groups in total. The fourth-order valence-electron chi connectivity index (χ4n) is 2.32. The molecule has 0 radical (unpaired) electrons. The minimum absolute atomic E-state index is 0.0292. The van der Waals surface area contributed by atoms with E-state index >= 15 is 0 Å². The van der Waals surface area contributed by atoms with E-state index in [4.69, 9.17) is 10.2 Å². The van der Waals surface area contributed by atoms with Gasteiger partial charge in [-0.2, -0.15) is 5.10 Å². The van der Waals surface area contributed by atoms with Gasteiger partial charge in [-0.1, -0.05) is 6.92 Å². The Morgan fingerprint density at radius 2 is 2.25 bits per heavy atom. The lowest BCUT2D eigenvalue weighted by molar-refractivity contribution is 0.454. The first-order valence-corrected chi connectivity index (χ1v) is 7.20. The molecule has 2 aromatic rings. The maximum atomic E-state index is 6.23. The normalized spacial score (nSPS) is 14.3. The van der Waals surface area contributed by atoms with Gasteiger partial charge < -0.3 is 15.5 Å². The maximum Gasteiger partial charge on any atom is 0.0950 e. The molecule has 20 heavy (non-hydrogen) atoms. The first kappa shape index (κ1) is 14.8. The van der Waals surface area contributed by atoms with Gasteiger partial charge in [0.05, 0.1) is 18.7 Å². The van der Waals surface area contributed by atoms with Gasteiger partial charge in [0.2, 0.25) is 0 Å². The van der Waals surface area contributed by atoms with Crippen molar-refractivity contribution in [2.75, 3.05) is 6.54 Å². The summed E-state index contributed by atoms with van der Waals surface area (Å²) in [5.74, 6) is 0. The van der Waals surface area contributed by atoms with Crippen LogP contribution in [0.1, 0.15) is 49.4 Å². The second kappa shape index (κ2) is 7.26. The van der Waals surface area contributed by atoms with Crippen LogP contribution in [0.2, 0.25) is 0 Å². The van der Waals surface area contributed by atoms with E-state index in [1.165, 1.54) is 5.56 Å². The van der Waals surface area contributed by atoms with Crippen molar-refractivity contribution < 1.29 is 4.42 Å². The Morgan fingerprint density at radius 3 is 2.85 bits per heavy atom. The highest BCUT2D eigenvalue weighted by Gasteiger charge is 2.15. The number of aryl methyl sites for hydroxylation is 1. The van der Waals surface area contributed by atoms with Crippen molar-refractivity contribution in [1.82, 2.24) is 15.1 Å². The van der Waals surface area contributed by atoms with Crippen LogP contribution in [0.4, 0.5) is 0 Å². The van der Waals surface area contributed by atoms with Crippen molar-refractivity contribution in [3.05, 3.63) is 42.1 Å². The Kier molecular flexibility index (Phi) is 5.38. The van der Waals surface area contributed by atoms with Crippen LogP contribution in [0, 0.1) is 0 Å². The molecule has 5 nitrogen and oxygen atoms in total. The van der Waals surface area contributed by atoms with Crippen molar-refractivity contribution in [1.29, 1.82) is 0 Å². The minimum atomic E-state index is 0.0292. The third-order valence-electron chi connectivity index (χ3n) is 3.51. The van der Waals surface area contributed by atoms with Gasteiger partial charge in [-0.05, 0) is 31.9 Å². The second-order valence-electron chi connectivity index (χ2n) is 5.19. The van der Waals surface area contributed by atoms with Crippen LogP contribution in [-0.2, 0) is 7.05 Å². The second-order valence-corrected chi connectivity index (χ2v) is 5.19. The number of hydrogen-bond donors (Lipinski definition) is 2. The van der Waals surface area contributed by atoms with Crippen LogP contribution in [0.15, 0.2) is 35.4 Å². The number of nitrogens with one attached hydrogen (secondary N) is 1. The summed E-state index contributed by atoms with van der Waals surface area (Å²) in [7, 11) is 1.91. The van der Waals surface area contributed by atoms with Crippen LogP contribution < -0.4 is 11.1 Å². The van der Waals surface area contributed by atoms with Gasteiger partial charge in [-0.3, -0.25) is 4.68 Å². The largest absolute Gasteiger partial charge is 0.472 e. The van der Waals surface area contributed by atoms with Crippen molar-refractivity contribution in [2.24, 2.45) is 12.8 Å². The van der Waals surface area contributed by atoms with Crippen LogP contribution in [0.3, 0.4) is 0 Å². The smallest absolute Gasteiger partial charge is 0.0950 e. The number of aromatic nitrogens is 2. The highest BCUT2D eigenvalue weighted by Crippen LogP contribution is 2.23. The van der Waals surface area contributed by atoms with E-state index < -0.39 is 0 Å². The van der Waals surface area contributed by atoms with E-state index in [0.29, 0.717) is 6.04 Å². The highest BCUT2D eigenvalue weighted by molar-refractivity contribution is 5.13. The summed E-state index contributed by atoms with van der Waals surface area (Å²) in [6.07, 6.45) is 10.4. The minimum Gasteiger partial charge on any atom is -0.472 e. The molecule has 0 aliphatic carbocycles. The lowest BCUT2D eigenvalue weighted by Gasteiger charge is -2.19. The standard InChI is InChI=1S/C15H24N4O/c1-3-7-17-15(12-6-8-20-11-12)5-4-14(16)13-9-18-19(2)10-13/h6,8-11,14-15,17H,3-5,7,16H2,1-2H3. The summed E-state index contributed by atoms with van der Waals surface area (Å²) in [5.41, 5.74) is 8.52. The summed E-state index contributed by atoms with van der Waals surface area (Å²) < 4.78 is 6.98. The Bertz CT molecular complexity index is 492. The number of furan rings is 1. The van der Waals surface area contributed by atoms with Gasteiger partial charge in [0.15, 0.2) is 0 Å². The highest BCUT2D eigenvalue weighted by atomic mass is 16.3. The molecule has 2 unspecified atom stereocenters. The first-order chi connectivity index (χ1) is 9.70. The molecule has 0 aliphatic rings.